The highest BCUT2D eigenvalue weighted by Gasteiger charge is 2.31. The number of ether oxygens (including phenoxy) is 1. The second-order valence-corrected chi connectivity index (χ2v) is 9.24. The Labute approximate surface area is 196 Å². The minimum atomic E-state index is -0.334. The van der Waals surface area contributed by atoms with Gasteiger partial charge >= 0.3 is 0 Å². The molecule has 164 valence electrons. The van der Waals surface area contributed by atoms with Crippen LogP contribution in [0, 0.1) is 0 Å². The van der Waals surface area contributed by atoms with E-state index in [1.165, 1.54) is 17.7 Å². The second kappa shape index (κ2) is 12.0. The Balaban J connectivity index is 1.66. The van der Waals surface area contributed by atoms with E-state index >= 15 is 0 Å². The molecule has 2 aromatic rings. The molecule has 0 spiro atoms. The summed E-state index contributed by atoms with van der Waals surface area (Å²) in [5.74, 6) is 2.42. The maximum atomic E-state index is 13.2. The van der Waals surface area contributed by atoms with E-state index in [9.17, 15) is 9.59 Å². The number of rotatable bonds is 10. The van der Waals surface area contributed by atoms with Gasteiger partial charge in [0.1, 0.15) is 6.54 Å². The summed E-state index contributed by atoms with van der Waals surface area (Å²) >= 11 is 5.41. The van der Waals surface area contributed by atoms with E-state index in [-0.39, 0.29) is 24.1 Å². The molecule has 5 nitrogen and oxygen atoms in total. The molecule has 1 N–H and O–H groups in total. The molecule has 0 saturated carbocycles. The van der Waals surface area contributed by atoms with Crippen molar-refractivity contribution in [1.29, 1.82) is 0 Å². The van der Waals surface area contributed by atoms with Gasteiger partial charge in [-0.3, -0.25) is 14.5 Å². The number of amides is 2. The van der Waals surface area contributed by atoms with E-state index in [1.54, 1.807) is 18.2 Å². The first kappa shape index (κ1) is 23.4. The van der Waals surface area contributed by atoms with Crippen LogP contribution in [0.4, 0.5) is 5.69 Å². The zero-order chi connectivity index (χ0) is 22.1. The van der Waals surface area contributed by atoms with Gasteiger partial charge in [0.05, 0.1) is 5.69 Å². The molecule has 2 amide bonds. The molecular weight excluding hydrogens is 476 g/mol. The number of anilines is 1. The van der Waals surface area contributed by atoms with Crippen LogP contribution >= 0.6 is 27.7 Å². The lowest BCUT2D eigenvalue weighted by atomic mass is 10.1. The van der Waals surface area contributed by atoms with Crippen LogP contribution in [0.25, 0.3) is 6.08 Å². The van der Waals surface area contributed by atoms with Gasteiger partial charge in [-0.1, -0.05) is 59.6 Å². The van der Waals surface area contributed by atoms with Gasteiger partial charge < -0.3 is 10.1 Å². The molecule has 0 saturated heterocycles. The van der Waals surface area contributed by atoms with Crippen molar-refractivity contribution in [3.8, 4) is 5.75 Å². The molecule has 3 rings (SSSR count). The van der Waals surface area contributed by atoms with Crippen LogP contribution in [0.5, 0.6) is 5.75 Å². The minimum absolute atomic E-state index is 0.0461. The molecule has 2 aromatic carbocycles. The Hall–Kier alpha value is -2.25. The summed E-state index contributed by atoms with van der Waals surface area (Å²) in [6.07, 6.45) is 5.04. The number of para-hydroxylation sites is 2. The topological polar surface area (TPSA) is 58.6 Å². The smallest absolute Gasteiger partial charge is 0.294 e. The van der Waals surface area contributed by atoms with Crippen molar-refractivity contribution in [2.24, 2.45) is 0 Å². The van der Waals surface area contributed by atoms with Crippen molar-refractivity contribution in [1.82, 2.24) is 5.32 Å². The average Bonchev–Trinajstić information content (AvgIpc) is 2.77. The number of nitrogens with one attached hydrogen (secondary N) is 1. The zero-order valence-corrected chi connectivity index (χ0v) is 20.0. The number of halogens is 1. The van der Waals surface area contributed by atoms with Gasteiger partial charge in [-0.05, 0) is 54.2 Å². The average molecular weight is 503 g/mol. The van der Waals surface area contributed by atoms with Crippen molar-refractivity contribution < 1.29 is 14.3 Å². The number of benzene rings is 2. The molecule has 31 heavy (non-hydrogen) atoms. The van der Waals surface area contributed by atoms with Gasteiger partial charge in [-0.2, -0.15) is 11.8 Å². The summed E-state index contributed by atoms with van der Waals surface area (Å²) in [6, 6.07) is 14.9. The summed E-state index contributed by atoms with van der Waals surface area (Å²) < 4.78 is 6.73. The van der Waals surface area contributed by atoms with Gasteiger partial charge in [0.15, 0.2) is 11.5 Å². The molecule has 0 radical (unpaired) electrons. The lowest BCUT2D eigenvalue weighted by Gasteiger charge is -2.30. The molecule has 7 heteroatoms. The van der Waals surface area contributed by atoms with Crippen molar-refractivity contribution in [3.05, 3.63) is 64.3 Å². The van der Waals surface area contributed by atoms with Crippen LogP contribution in [0.15, 0.2) is 58.8 Å². The Morgan fingerprint density at radius 3 is 2.68 bits per heavy atom. The molecule has 1 aliphatic rings. The van der Waals surface area contributed by atoms with Gasteiger partial charge in [-0.25, -0.2) is 0 Å². The standard InChI is InChI=1S/C24H27BrN2O3S/c1-2-3-14-31-15-8-13-26-23(28)17-27-20-11-6-7-12-21(20)30-22(24(27)29)16-18-9-4-5-10-19(18)25/h4-7,9-12,16H,2-3,8,13-15,17H2,1H3,(H,26,28)/b22-16+. The normalized spacial score (nSPS) is 14.3. The predicted molar refractivity (Wildman–Crippen MR) is 131 cm³/mol. The molecule has 0 aromatic heterocycles. The maximum Gasteiger partial charge on any atom is 0.294 e. The zero-order valence-electron chi connectivity index (χ0n) is 17.6. The van der Waals surface area contributed by atoms with Crippen LogP contribution in [-0.4, -0.2) is 36.4 Å². The van der Waals surface area contributed by atoms with Gasteiger partial charge in [0, 0.05) is 11.0 Å². The number of unbranched alkanes of at least 4 members (excludes halogenated alkanes) is 1. The summed E-state index contributed by atoms with van der Waals surface area (Å²) in [7, 11) is 0. The molecule has 0 atom stereocenters. The van der Waals surface area contributed by atoms with Crippen molar-refractivity contribution in [3.63, 3.8) is 0 Å². The van der Waals surface area contributed by atoms with Gasteiger partial charge in [0.25, 0.3) is 5.91 Å². The Kier molecular flexibility index (Phi) is 9.03. The second-order valence-electron chi connectivity index (χ2n) is 7.16. The molecular formula is C24H27BrN2O3S. The maximum absolute atomic E-state index is 13.2. The molecule has 0 bridgehead atoms. The number of thioether (sulfide) groups is 1. The Bertz CT molecular complexity index is 948. The lowest BCUT2D eigenvalue weighted by Crippen LogP contribution is -2.44. The monoisotopic (exact) mass is 502 g/mol. The molecule has 0 fully saturated rings. The number of nitrogens with zero attached hydrogens (tertiary/aromatic N) is 1. The third kappa shape index (κ3) is 6.61. The van der Waals surface area contributed by atoms with Crippen LogP contribution < -0.4 is 15.0 Å². The fourth-order valence-corrected chi connectivity index (χ4v) is 4.55. The predicted octanol–water partition coefficient (Wildman–Crippen LogP) is 5.26. The van der Waals surface area contributed by atoms with E-state index in [2.05, 4.69) is 28.2 Å². The highest BCUT2D eigenvalue weighted by atomic mass is 79.9. The summed E-state index contributed by atoms with van der Waals surface area (Å²) in [5, 5.41) is 2.93. The number of fused-ring (bicyclic) bond motifs is 1. The number of carbonyl (C=O) groups is 2. The molecule has 1 heterocycles. The minimum Gasteiger partial charge on any atom is -0.449 e. The number of carbonyl (C=O) groups excluding carboxylic acids is 2. The lowest BCUT2D eigenvalue weighted by molar-refractivity contribution is -0.123. The summed E-state index contributed by atoms with van der Waals surface area (Å²) in [6.45, 7) is 2.75. The molecule has 1 aliphatic heterocycles. The van der Waals surface area contributed by atoms with Gasteiger partial charge in [-0.15, -0.1) is 0 Å². The van der Waals surface area contributed by atoms with Crippen molar-refractivity contribution in [2.45, 2.75) is 26.2 Å². The highest BCUT2D eigenvalue weighted by molar-refractivity contribution is 9.10. The first-order chi connectivity index (χ1) is 15.1. The number of hydrogen-bond acceptors (Lipinski definition) is 4. The van der Waals surface area contributed by atoms with E-state index in [0.29, 0.717) is 18.0 Å². The van der Waals surface area contributed by atoms with Crippen molar-refractivity contribution in [2.75, 3.05) is 29.5 Å². The SMILES string of the molecule is CCCCSCCCNC(=O)CN1C(=O)/C(=C\c2ccccc2Br)Oc2ccccc21. The summed E-state index contributed by atoms with van der Waals surface area (Å²) in [5.41, 5.74) is 1.43. The van der Waals surface area contributed by atoms with Crippen molar-refractivity contribution >= 4 is 51.3 Å². The third-order valence-electron chi connectivity index (χ3n) is 4.76. The Morgan fingerprint density at radius 2 is 1.87 bits per heavy atom. The quantitative estimate of drug-likeness (QED) is 0.355. The first-order valence-corrected chi connectivity index (χ1v) is 12.4. The fraction of sp³-hybridized carbons (Fsp3) is 0.333. The number of hydrogen-bond donors (Lipinski definition) is 1. The Morgan fingerprint density at radius 1 is 1.13 bits per heavy atom. The van der Waals surface area contributed by atoms with Crippen LogP contribution in [0.3, 0.4) is 0 Å². The van der Waals surface area contributed by atoms with Crippen LogP contribution in [0.1, 0.15) is 31.7 Å². The summed E-state index contributed by atoms with van der Waals surface area (Å²) in [4.78, 5) is 27.2. The van der Waals surface area contributed by atoms with Gasteiger partial charge in [0.2, 0.25) is 5.91 Å². The largest absolute Gasteiger partial charge is 0.449 e. The van der Waals surface area contributed by atoms with E-state index in [4.69, 9.17) is 4.74 Å². The first-order valence-electron chi connectivity index (χ1n) is 10.5. The van der Waals surface area contributed by atoms with Crippen LogP contribution in [0.2, 0.25) is 0 Å². The van der Waals surface area contributed by atoms with E-state index in [1.807, 2.05) is 48.2 Å². The van der Waals surface area contributed by atoms with Crippen LogP contribution in [-0.2, 0) is 9.59 Å². The third-order valence-corrected chi connectivity index (χ3v) is 6.63. The molecule has 0 aliphatic carbocycles. The fourth-order valence-electron chi connectivity index (χ4n) is 3.10. The van der Waals surface area contributed by atoms with E-state index in [0.717, 1.165) is 28.0 Å². The van der Waals surface area contributed by atoms with E-state index < -0.39 is 0 Å². The molecule has 0 unspecified atom stereocenters. The highest BCUT2D eigenvalue weighted by Crippen LogP contribution is 2.35.